The molecular formula is C10H11N3O3S. The fraction of sp³-hybridized carbons (Fsp3) is 0.300. The molecule has 6 nitrogen and oxygen atoms in total. The highest BCUT2D eigenvalue weighted by molar-refractivity contribution is 8.00. The molecule has 1 aromatic rings. The molecule has 0 bridgehead atoms. The zero-order valence-corrected chi connectivity index (χ0v) is 9.93. The number of carbonyl (C=O) groups is 2. The monoisotopic (exact) mass is 253 g/mol. The van der Waals surface area contributed by atoms with Crippen LogP contribution in [-0.4, -0.2) is 33.5 Å². The van der Waals surface area contributed by atoms with Gasteiger partial charge in [0.05, 0.1) is 23.3 Å². The highest BCUT2D eigenvalue weighted by Crippen LogP contribution is 2.17. The third-order valence-electron chi connectivity index (χ3n) is 1.84. The Balaban J connectivity index is 2.65. The van der Waals surface area contributed by atoms with Gasteiger partial charge in [0, 0.05) is 5.69 Å². The Morgan fingerprint density at radius 3 is 2.94 bits per heavy atom. The summed E-state index contributed by atoms with van der Waals surface area (Å²) in [5.74, 6) is -1.10. The normalized spacial score (nSPS) is 9.65. The Bertz CT molecular complexity index is 476. The van der Waals surface area contributed by atoms with Gasteiger partial charge in [0.1, 0.15) is 5.69 Å². The molecule has 7 heteroatoms. The van der Waals surface area contributed by atoms with Crippen LogP contribution in [0.2, 0.25) is 0 Å². The molecule has 1 aromatic heterocycles. The van der Waals surface area contributed by atoms with E-state index in [4.69, 9.17) is 10.4 Å². The molecule has 0 spiro atoms. The van der Waals surface area contributed by atoms with Gasteiger partial charge < -0.3 is 15.4 Å². The lowest BCUT2D eigenvalue weighted by atomic mass is 10.3. The van der Waals surface area contributed by atoms with E-state index in [2.05, 4.69) is 10.3 Å². The number of hydrogen-bond acceptors (Lipinski definition) is 4. The number of carboxylic acid groups (broad SMARTS) is 1. The van der Waals surface area contributed by atoms with Crippen LogP contribution in [0.5, 0.6) is 0 Å². The first-order valence-electron chi connectivity index (χ1n) is 4.72. The maximum atomic E-state index is 11.4. The minimum atomic E-state index is -1.13. The number of rotatable bonds is 5. The van der Waals surface area contributed by atoms with E-state index in [0.29, 0.717) is 5.69 Å². The summed E-state index contributed by atoms with van der Waals surface area (Å²) in [7, 11) is 0. The largest absolute Gasteiger partial charge is 0.477 e. The molecule has 3 N–H and O–H groups in total. The number of carboxylic acids is 1. The SMILES string of the molecule is Cc1cc(NC(=O)CSCC#N)c(C(=O)O)[nH]1. The van der Waals surface area contributed by atoms with Crippen LogP contribution in [0.3, 0.4) is 0 Å². The number of thioether (sulfide) groups is 1. The molecule has 0 aromatic carbocycles. The van der Waals surface area contributed by atoms with Gasteiger partial charge in [0.2, 0.25) is 5.91 Å². The molecule has 1 rings (SSSR count). The Kier molecular flexibility index (Phi) is 4.60. The molecular weight excluding hydrogens is 242 g/mol. The van der Waals surface area contributed by atoms with Crippen molar-refractivity contribution in [2.45, 2.75) is 6.92 Å². The Hall–Kier alpha value is -1.94. The molecule has 0 unspecified atom stereocenters. The topological polar surface area (TPSA) is 106 Å². The lowest BCUT2D eigenvalue weighted by Crippen LogP contribution is -2.16. The molecule has 0 aliphatic carbocycles. The number of carbonyl (C=O) groups excluding carboxylic acids is 1. The molecule has 0 aliphatic rings. The predicted molar refractivity (Wildman–Crippen MR) is 64.1 cm³/mol. The summed E-state index contributed by atoms with van der Waals surface area (Å²) in [6, 6.07) is 3.46. The molecule has 1 amide bonds. The van der Waals surface area contributed by atoms with E-state index in [1.165, 1.54) is 11.8 Å². The number of H-pyrrole nitrogens is 1. The van der Waals surface area contributed by atoms with Crippen LogP contribution in [0.4, 0.5) is 5.69 Å². The predicted octanol–water partition coefficient (Wildman–Crippen LogP) is 1.22. The quantitative estimate of drug-likeness (QED) is 0.684. The van der Waals surface area contributed by atoms with E-state index in [-0.39, 0.29) is 28.8 Å². The number of nitrogens with zero attached hydrogens (tertiary/aromatic N) is 1. The Morgan fingerprint density at radius 1 is 1.65 bits per heavy atom. The van der Waals surface area contributed by atoms with Crippen LogP contribution >= 0.6 is 11.8 Å². The first-order chi connectivity index (χ1) is 8.04. The van der Waals surface area contributed by atoms with E-state index in [9.17, 15) is 9.59 Å². The Labute approximate surface area is 102 Å². The van der Waals surface area contributed by atoms with Gasteiger partial charge in [-0.25, -0.2) is 4.79 Å². The van der Waals surface area contributed by atoms with Crippen LogP contribution in [0, 0.1) is 18.3 Å². The number of nitriles is 1. The number of aryl methyl sites for hydroxylation is 1. The molecule has 0 radical (unpaired) electrons. The van der Waals surface area contributed by atoms with Gasteiger partial charge in [-0.05, 0) is 13.0 Å². The Morgan fingerprint density at radius 2 is 2.35 bits per heavy atom. The highest BCUT2D eigenvalue weighted by Gasteiger charge is 2.15. The second-order valence-corrected chi connectivity index (χ2v) is 4.23. The number of aromatic carboxylic acids is 1. The lowest BCUT2D eigenvalue weighted by Gasteiger charge is -2.02. The van der Waals surface area contributed by atoms with Gasteiger partial charge >= 0.3 is 5.97 Å². The van der Waals surface area contributed by atoms with Crippen LogP contribution < -0.4 is 5.32 Å². The number of aromatic nitrogens is 1. The summed E-state index contributed by atoms with van der Waals surface area (Å²) in [4.78, 5) is 24.9. The fourth-order valence-corrected chi connectivity index (χ4v) is 1.68. The summed E-state index contributed by atoms with van der Waals surface area (Å²) in [6.07, 6.45) is 0. The van der Waals surface area contributed by atoms with Crippen molar-refractivity contribution in [3.63, 3.8) is 0 Å². The van der Waals surface area contributed by atoms with E-state index in [1.54, 1.807) is 13.0 Å². The van der Waals surface area contributed by atoms with Crippen molar-refractivity contribution in [3.05, 3.63) is 17.5 Å². The summed E-state index contributed by atoms with van der Waals surface area (Å²) < 4.78 is 0. The van der Waals surface area contributed by atoms with Crippen molar-refractivity contribution in [1.82, 2.24) is 4.98 Å². The summed E-state index contributed by atoms with van der Waals surface area (Å²) in [6.45, 7) is 1.70. The molecule has 0 atom stereocenters. The first-order valence-corrected chi connectivity index (χ1v) is 5.87. The number of nitrogens with one attached hydrogen (secondary N) is 2. The average Bonchev–Trinajstić information content (AvgIpc) is 2.60. The molecule has 0 saturated carbocycles. The van der Waals surface area contributed by atoms with Crippen molar-refractivity contribution in [2.24, 2.45) is 0 Å². The van der Waals surface area contributed by atoms with Crippen LogP contribution in [0.1, 0.15) is 16.2 Å². The van der Waals surface area contributed by atoms with Crippen molar-refractivity contribution in [3.8, 4) is 6.07 Å². The second kappa shape index (κ2) is 5.96. The fourth-order valence-electron chi connectivity index (χ4n) is 1.23. The zero-order chi connectivity index (χ0) is 12.8. The maximum absolute atomic E-state index is 11.4. The summed E-state index contributed by atoms with van der Waals surface area (Å²) >= 11 is 1.17. The molecule has 0 aliphatic heterocycles. The number of anilines is 1. The van der Waals surface area contributed by atoms with E-state index in [1.807, 2.05) is 6.07 Å². The second-order valence-electron chi connectivity index (χ2n) is 3.25. The first kappa shape index (κ1) is 13.1. The minimum absolute atomic E-state index is 0.0406. The summed E-state index contributed by atoms with van der Waals surface area (Å²) in [5.41, 5.74) is 0.862. The molecule has 17 heavy (non-hydrogen) atoms. The van der Waals surface area contributed by atoms with E-state index < -0.39 is 5.97 Å². The number of hydrogen-bond donors (Lipinski definition) is 3. The lowest BCUT2D eigenvalue weighted by molar-refractivity contribution is -0.113. The zero-order valence-electron chi connectivity index (χ0n) is 9.11. The number of amides is 1. The van der Waals surface area contributed by atoms with Crippen LogP contribution in [0.15, 0.2) is 6.07 Å². The third kappa shape index (κ3) is 3.85. The minimum Gasteiger partial charge on any atom is -0.477 e. The van der Waals surface area contributed by atoms with Gasteiger partial charge in [-0.2, -0.15) is 5.26 Å². The molecule has 0 fully saturated rings. The number of aromatic amines is 1. The third-order valence-corrected chi connectivity index (χ3v) is 2.64. The van der Waals surface area contributed by atoms with Gasteiger partial charge in [-0.1, -0.05) is 0 Å². The standard InChI is InChI=1S/C10H11N3O3S/c1-6-4-7(9(12-6)10(15)16)13-8(14)5-17-3-2-11/h4,12H,3,5H2,1H3,(H,13,14)(H,15,16). The highest BCUT2D eigenvalue weighted by atomic mass is 32.2. The van der Waals surface area contributed by atoms with E-state index in [0.717, 1.165) is 0 Å². The average molecular weight is 253 g/mol. The van der Waals surface area contributed by atoms with Gasteiger partial charge in [0.25, 0.3) is 0 Å². The van der Waals surface area contributed by atoms with Crippen molar-refractivity contribution in [1.29, 1.82) is 5.26 Å². The maximum Gasteiger partial charge on any atom is 0.354 e. The van der Waals surface area contributed by atoms with Crippen molar-refractivity contribution < 1.29 is 14.7 Å². The van der Waals surface area contributed by atoms with Crippen LogP contribution in [0.25, 0.3) is 0 Å². The molecule has 0 saturated heterocycles. The van der Waals surface area contributed by atoms with Gasteiger partial charge in [0.15, 0.2) is 0 Å². The summed E-state index contributed by atoms with van der Waals surface area (Å²) in [5, 5.41) is 19.7. The molecule has 1 heterocycles. The van der Waals surface area contributed by atoms with Crippen LogP contribution in [-0.2, 0) is 4.79 Å². The van der Waals surface area contributed by atoms with Gasteiger partial charge in [-0.3, -0.25) is 4.79 Å². The molecule has 90 valence electrons. The van der Waals surface area contributed by atoms with Crippen molar-refractivity contribution >= 4 is 29.3 Å². The van der Waals surface area contributed by atoms with E-state index >= 15 is 0 Å². The smallest absolute Gasteiger partial charge is 0.354 e. The van der Waals surface area contributed by atoms with Crippen molar-refractivity contribution in [2.75, 3.05) is 16.8 Å². The van der Waals surface area contributed by atoms with Gasteiger partial charge in [-0.15, -0.1) is 11.8 Å².